The minimum absolute atomic E-state index is 0.174. The number of carbonyl (C=O) groups excluding carboxylic acids is 1. The molecule has 1 saturated carbocycles. The summed E-state index contributed by atoms with van der Waals surface area (Å²) in [5, 5.41) is 10.4. The highest BCUT2D eigenvalue weighted by atomic mass is 35.5. The van der Waals surface area contributed by atoms with Crippen LogP contribution in [-0.4, -0.2) is 31.2 Å². The minimum atomic E-state index is -0.514. The summed E-state index contributed by atoms with van der Waals surface area (Å²) in [7, 11) is 1.49. The Morgan fingerprint density at radius 1 is 1.43 bits per heavy atom. The number of rotatable bonds is 7. The smallest absolute Gasteiger partial charge is 0.179 e. The van der Waals surface area contributed by atoms with Gasteiger partial charge in [0, 0.05) is 5.56 Å². The number of methoxy groups -OCH3 is 1. The summed E-state index contributed by atoms with van der Waals surface area (Å²) in [4.78, 5) is 10.8. The van der Waals surface area contributed by atoms with E-state index in [9.17, 15) is 9.90 Å². The zero-order valence-corrected chi connectivity index (χ0v) is 12.9. The summed E-state index contributed by atoms with van der Waals surface area (Å²) >= 11 is 6.10. The highest BCUT2D eigenvalue weighted by molar-refractivity contribution is 6.32. The third-order valence-electron chi connectivity index (χ3n) is 3.89. The minimum Gasteiger partial charge on any atom is -0.493 e. The summed E-state index contributed by atoms with van der Waals surface area (Å²) in [6.07, 6.45) is 5.83. The average molecular weight is 313 g/mol. The highest BCUT2D eigenvalue weighted by Crippen LogP contribution is 2.36. The molecule has 116 valence electrons. The fraction of sp³-hybridized carbons (Fsp3) is 0.562. The molecule has 1 N–H and O–H groups in total. The summed E-state index contributed by atoms with van der Waals surface area (Å²) in [6.45, 7) is 0.174. The van der Waals surface area contributed by atoms with E-state index in [1.807, 2.05) is 0 Å². The van der Waals surface area contributed by atoms with Crippen molar-refractivity contribution in [1.82, 2.24) is 0 Å². The van der Waals surface area contributed by atoms with Crippen molar-refractivity contribution in [2.75, 3.05) is 13.7 Å². The van der Waals surface area contributed by atoms with Crippen LogP contribution in [0.2, 0.25) is 5.02 Å². The molecule has 1 aliphatic carbocycles. The molecule has 4 nitrogen and oxygen atoms in total. The quantitative estimate of drug-likeness (QED) is 0.783. The summed E-state index contributed by atoms with van der Waals surface area (Å²) in [5.74, 6) is 1.37. The normalized spacial score (nSPS) is 16.7. The molecule has 0 saturated heterocycles. The Morgan fingerprint density at radius 3 is 2.76 bits per heavy atom. The van der Waals surface area contributed by atoms with Gasteiger partial charge in [0.05, 0.1) is 18.2 Å². The molecule has 2 rings (SSSR count). The first-order valence-electron chi connectivity index (χ1n) is 7.27. The van der Waals surface area contributed by atoms with Crippen LogP contribution in [-0.2, 0) is 0 Å². The molecule has 1 aromatic carbocycles. The van der Waals surface area contributed by atoms with Gasteiger partial charge in [0.15, 0.2) is 11.5 Å². The van der Waals surface area contributed by atoms with Crippen molar-refractivity contribution < 1.29 is 19.4 Å². The van der Waals surface area contributed by atoms with Crippen LogP contribution in [0.4, 0.5) is 0 Å². The molecule has 1 fully saturated rings. The predicted octanol–water partition coefficient (Wildman–Crippen LogP) is 3.48. The van der Waals surface area contributed by atoms with Gasteiger partial charge in [-0.25, -0.2) is 0 Å². The lowest BCUT2D eigenvalue weighted by molar-refractivity contribution is 0.0842. The third-order valence-corrected chi connectivity index (χ3v) is 4.17. The maximum atomic E-state index is 10.8. The molecule has 5 heteroatoms. The lowest BCUT2D eigenvalue weighted by Crippen LogP contribution is -2.20. The van der Waals surface area contributed by atoms with Gasteiger partial charge < -0.3 is 14.6 Å². The Morgan fingerprint density at radius 2 is 2.14 bits per heavy atom. The molecule has 0 aromatic heterocycles. The van der Waals surface area contributed by atoms with Crippen molar-refractivity contribution >= 4 is 17.9 Å². The van der Waals surface area contributed by atoms with Gasteiger partial charge in [-0.05, 0) is 24.5 Å². The van der Waals surface area contributed by atoms with Crippen LogP contribution in [0.5, 0.6) is 11.5 Å². The fourth-order valence-electron chi connectivity index (χ4n) is 2.83. The van der Waals surface area contributed by atoms with Crippen LogP contribution in [0, 0.1) is 5.92 Å². The van der Waals surface area contributed by atoms with Crippen molar-refractivity contribution in [3.8, 4) is 11.5 Å². The molecule has 1 aromatic rings. The van der Waals surface area contributed by atoms with Crippen LogP contribution in [0.25, 0.3) is 0 Å². The maximum Gasteiger partial charge on any atom is 0.179 e. The van der Waals surface area contributed by atoms with E-state index >= 15 is 0 Å². The second kappa shape index (κ2) is 7.66. The van der Waals surface area contributed by atoms with Crippen LogP contribution in [0.3, 0.4) is 0 Å². The maximum absolute atomic E-state index is 10.8. The van der Waals surface area contributed by atoms with E-state index in [0.29, 0.717) is 34.3 Å². The number of aldehydes is 1. The molecule has 0 heterocycles. The lowest BCUT2D eigenvalue weighted by atomic mass is 10.0. The standard InChI is InChI=1S/C16H21ClO4/c1-20-15-8-12(9-18)7-14(17)16(15)21-10-13(19)6-11-4-2-3-5-11/h7-9,11,13,19H,2-6,10H2,1H3. The third kappa shape index (κ3) is 4.35. The SMILES string of the molecule is COc1cc(C=O)cc(Cl)c1OCC(O)CC1CCCC1. The van der Waals surface area contributed by atoms with E-state index in [2.05, 4.69) is 0 Å². The first-order valence-corrected chi connectivity index (χ1v) is 7.65. The Labute approximate surface area is 130 Å². The number of hydrogen-bond acceptors (Lipinski definition) is 4. The van der Waals surface area contributed by atoms with Crippen molar-refractivity contribution in [2.45, 2.75) is 38.2 Å². The molecule has 0 bridgehead atoms. The molecule has 1 atom stereocenters. The van der Waals surface area contributed by atoms with Crippen molar-refractivity contribution in [3.63, 3.8) is 0 Å². The monoisotopic (exact) mass is 312 g/mol. The van der Waals surface area contributed by atoms with Crippen LogP contribution in [0.15, 0.2) is 12.1 Å². The van der Waals surface area contributed by atoms with Crippen molar-refractivity contribution in [1.29, 1.82) is 0 Å². The van der Waals surface area contributed by atoms with E-state index in [4.69, 9.17) is 21.1 Å². The van der Waals surface area contributed by atoms with Gasteiger partial charge in [-0.2, -0.15) is 0 Å². The molecule has 0 aliphatic heterocycles. The summed E-state index contributed by atoms with van der Waals surface area (Å²) in [5.41, 5.74) is 0.427. The Bertz CT molecular complexity index is 483. The number of aliphatic hydroxyl groups is 1. The van der Waals surface area contributed by atoms with E-state index < -0.39 is 6.10 Å². The Kier molecular flexibility index (Phi) is 5.88. The number of halogens is 1. The number of aliphatic hydroxyl groups excluding tert-OH is 1. The topological polar surface area (TPSA) is 55.8 Å². The number of ether oxygens (including phenoxy) is 2. The van der Waals surface area contributed by atoms with E-state index in [1.54, 1.807) is 6.07 Å². The molecular weight excluding hydrogens is 292 g/mol. The number of benzene rings is 1. The van der Waals surface area contributed by atoms with Crippen LogP contribution < -0.4 is 9.47 Å². The zero-order valence-electron chi connectivity index (χ0n) is 12.2. The van der Waals surface area contributed by atoms with Gasteiger partial charge in [-0.15, -0.1) is 0 Å². The second-order valence-corrected chi connectivity index (χ2v) is 5.91. The Hall–Kier alpha value is -1.26. The van der Waals surface area contributed by atoms with E-state index in [0.717, 1.165) is 6.42 Å². The molecule has 0 spiro atoms. The van der Waals surface area contributed by atoms with Crippen molar-refractivity contribution in [2.24, 2.45) is 5.92 Å². The summed E-state index contributed by atoms with van der Waals surface area (Å²) < 4.78 is 10.8. The molecule has 1 aliphatic rings. The number of hydrogen-bond donors (Lipinski definition) is 1. The van der Waals surface area contributed by atoms with Crippen LogP contribution in [0.1, 0.15) is 42.5 Å². The fourth-order valence-corrected chi connectivity index (χ4v) is 3.10. The zero-order chi connectivity index (χ0) is 15.2. The first-order chi connectivity index (χ1) is 10.1. The molecular formula is C16H21ClO4. The molecule has 21 heavy (non-hydrogen) atoms. The van der Waals surface area contributed by atoms with Crippen molar-refractivity contribution in [3.05, 3.63) is 22.7 Å². The van der Waals surface area contributed by atoms with Gasteiger partial charge in [-0.3, -0.25) is 4.79 Å². The molecule has 0 radical (unpaired) electrons. The van der Waals surface area contributed by atoms with Gasteiger partial charge in [0.2, 0.25) is 0 Å². The van der Waals surface area contributed by atoms with E-state index in [1.165, 1.54) is 38.9 Å². The highest BCUT2D eigenvalue weighted by Gasteiger charge is 2.20. The lowest BCUT2D eigenvalue weighted by Gasteiger charge is -2.18. The van der Waals surface area contributed by atoms with E-state index in [-0.39, 0.29) is 6.61 Å². The van der Waals surface area contributed by atoms with Crippen LogP contribution >= 0.6 is 11.6 Å². The molecule has 0 amide bonds. The van der Waals surface area contributed by atoms with Gasteiger partial charge in [-0.1, -0.05) is 37.3 Å². The second-order valence-electron chi connectivity index (χ2n) is 5.50. The summed E-state index contributed by atoms with van der Waals surface area (Å²) in [6, 6.07) is 3.09. The van der Waals surface area contributed by atoms with Gasteiger partial charge in [0.25, 0.3) is 0 Å². The van der Waals surface area contributed by atoms with Gasteiger partial charge in [0.1, 0.15) is 12.9 Å². The van der Waals surface area contributed by atoms with Gasteiger partial charge >= 0.3 is 0 Å². The molecule has 1 unspecified atom stereocenters. The predicted molar refractivity (Wildman–Crippen MR) is 81.5 cm³/mol. The Balaban J connectivity index is 1.96. The largest absolute Gasteiger partial charge is 0.493 e. The number of carbonyl (C=O) groups is 1. The average Bonchev–Trinajstić information content (AvgIpc) is 2.97. The first kappa shape index (κ1) is 16.1.